The molecule has 1 unspecified atom stereocenters. The molecule has 0 saturated carbocycles. The molecule has 10 aromatic rings. The fourth-order valence-corrected chi connectivity index (χ4v) is 14.2. The minimum Gasteiger partial charge on any atom is -0.296 e. The van der Waals surface area contributed by atoms with E-state index >= 15 is 0 Å². The molecule has 5 aliphatic carbocycles. The van der Waals surface area contributed by atoms with E-state index in [0.29, 0.717) is 5.92 Å². The third kappa shape index (κ3) is 5.62. The Morgan fingerprint density at radius 2 is 0.781 bits per heavy atom. The van der Waals surface area contributed by atoms with Crippen LogP contribution < -0.4 is 0 Å². The SMILES string of the molecule is CC1C=Cc2nc(-c3ccc4c(c3)C(C)(C)c3cc5c(cc3-4)C(C)(C)c3cc4c(cc3-5)C(C)(C)c3cc5c(cc3-4)C(C)(C)c3cc(-c4nc6ccccc6n4-c4ccccc4)ccc3-5)n(-c3ccccc3)c2C1. The summed E-state index contributed by atoms with van der Waals surface area (Å²) in [6.07, 6.45) is 5.50. The van der Waals surface area contributed by atoms with Gasteiger partial charge in [-0.05, 0) is 192 Å². The Bertz CT molecular complexity index is 4110. The van der Waals surface area contributed by atoms with Crippen LogP contribution in [-0.2, 0) is 28.1 Å². The first kappa shape index (κ1) is 42.8. The predicted octanol–water partition coefficient (Wildman–Crippen LogP) is 17.0. The van der Waals surface area contributed by atoms with Crippen LogP contribution in [0.3, 0.4) is 0 Å². The van der Waals surface area contributed by atoms with Crippen LogP contribution in [0.1, 0.15) is 118 Å². The van der Waals surface area contributed by atoms with Gasteiger partial charge < -0.3 is 0 Å². The van der Waals surface area contributed by atoms with Gasteiger partial charge in [-0.15, -0.1) is 0 Å². The Labute approximate surface area is 428 Å². The van der Waals surface area contributed by atoms with Gasteiger partial charge >= 0.3 is 0 Å². The molecular weight excluding hydrogens is 885 g/mol. The first-order chi connectivity index (χ1) is 35.1. The third-order valence-corrected chi connectivity index (χ3v) is 18.3. The zero-order valence-corrected chi connectivity index (χ0v) is 43.2. The van der Waals surface area contributed by atoms with E-state index < -0.39 is 0 Å². The standard InChI is InChI=1S/C69H58N4/c1-39-24-29-61-63(30-39)73(43-20-14-11-15-21-43)65(71-61)41-26-28-45-47-34-57-49(36-55(47)67(4,5)53(45)32-41)51-38-58-50(37-59(51)69(57,8)9)48-35-54-46(33-56(48)68(58,6)7)44-27-25-40(31-52(44)66(54,2)3)64-70-60-22-16-17-23-62(60)72(64)42-18-12-10-13-19-42/h10-29,31-39H,30H2,1-9H3. The molecule has 2 aromatic heterocycles. The Morgan fingerprint density at radius 1 is 0.397 bits per heavy atom. The normalized spacial score (nSPS) is 17.8. The van der Waals surface area contributed by atoms with Crippen molar-refractivity contribution in [3.05, 3.63) is 220 Å². The van der Waals surface area contributed by atoms with Gasteiger partial charge in [0.05, 0.1) is 22.4 Å². The number of para-hydroxylation sites is 4. The van der Waals surface area contributed by atoms with Crippen LogP contribution in [0.5, 0.6) is 0 Å². The van der Waals surface area contributed by atoms with E-state index in [1.807, 2.05) is 0 Å². The third-order valence-electron chi connectivity index (χ3n) is 18.3. The molecule has 5 aliphatic rings. The van der Waals surface area contributed by atoms with Crippen LogP contribution in [0.2, 0.25) is 0 Å². The van der Waals surface area contributed by atoms with E-state index in [1.54, 1.807) is 0 Å². The molecule has 0 amide bonds. The summed E-state index contributed by atoms with van der Waals surface area (Å²) in [5.41, 5.74) is 30.5. The van der Waals surface area contributed by atoms with Crippen molar-refractivity contribution in [3.8, 4) is 78.7 Å². The largest absolute Gasteiger partial charge is 0.296 e. The highest BCUT2D eigenvalue weighted by Crippen LogP contribution is 2.61. The lowest BCUT2D eigenvalue weighted by Gasteiger charge is -2.25. The summed E-state index contributed by atoms with van der Waals surface area (Å²) < 4.78 is 4.72. The van der Waals surface area contributed by atoms with Crippen molar-refractivity contribution in [1.82, 2.24) is 19.1 Å². The van der Waals surface area contributed by atoms with Gasteiger partial charge in [0.1, 0.15) is 11.6 Å². The van der Waals surface area contributed by atoms with Crippen molar-refractivity contribution < 1.29 is 0 Å². The number of aromatic nitrogens is 4. The molecule has 8 aromatic carbocycles. The number of imidazole rings is 2. The van der Waals surface area contributed by atoms with E-state index in [9.17, 15) is 0 Å². The number of fused-ring (bicyclic) bond motifs is 14. The fourth-order valence-electron chi connectivity index (χ4n) is 14.2. The zero-order valence-electron chi connectivity index (χ0n) is 43.2. The van der Waals surface area contributed by atoms with Crippen LogP contribution >= 0.6 is 0 Å². The number of allylic oxidation sites excluding steroid dienone is 1. The second-order valence-corrected chi connectivity index (χ2v) is 23.9. The highest BCUT2D eigenvalue weighted by Gasteiger charge is 2.46. The maximum atomic E-state index is 5.34. The lowest BCUT2D eigenvalue weighted by atomic mass is 9.78. The van der Waals surface area contributed by atoms with Crippen molar-refractivity contribution in [2.75, 3.05) is 0 Å². The predicted molar refractivity (Wildman–Crippen MR) is 301 cm³/mol. The van der Waals surface area contributed by atoms with Crippen LogP contribution in [0.4, 0.5) is 0 Å². The molecule has 0 N–H and O–H groups in total. The Hall–Kier alpha value is -7.82. The zero-order chi connectivity index (χ0) is 49.7. The van der Waals surface area contributed by atoms with E-state index in [1.165, 1.54) is 94.7 Å². The second-order valence-electron chi connectivity index (χ2n) is 23.9. The Morgan fingerprint density at radius 3 is 1.25 bits per heavy atom. The number of benzene rings is 8. The molecule has 0 bridgehead atoms. The van der Waals surface area contributed by atoms with Crippen LogP contribution in [0, 0.1) is 5.92 Å². The van der Waals surface area contributed by atoms with Crippen molar-refractivity contribution in [3.63, 3.8) is 0 Å². The number of hydrogen-bond acceptors (Lipinski definition) is 2. The van der Waals surface area contributed by atoms with Gasteiger partial charge in [0.2, 0.25) is 0 Å². The first-order valence-electron chi connectivity index (χ1n) is 26.4. The number of nitrogens with zero attached hydrogens (tertiary/aromatic N) is 4. The van der Waals surface area contributed by atoms with Crippen molar-refractivity contribution in [1.29, 1.82) is 0 Å². The molecule has 73 heavy (non-hydrogen) atoms. The van der Waals surface area contributed by atoms with Gasteiger partial charge in [0.25, 0.3) is 0 Å². The highest BCUT2D eigenvalue weighted by atomic mass is 15.1. The lowest BCUT2D eigenvalue weighted by Crippen LogP contribution is -2.17. The maximum Gasteiger partial charge on any atom is 0.145 e. The molecule has 354 valence electrons. The van der Waals surface area contributed by atoms with E-state index in [4.69, 9.17) is 9.97 Å². The minimum absolute atomic E-state index is 0.183. The molecular formula is C69H58N4. The fraction of sp³-hybridized carbons (Fsp3) is 0.217. The summed E-state index contributed by atoms with van der Waals surface area (Å²) in [6.45, 7) is 21.8. The summed E-state index contributed by atoms with van der Waals surface area (Å²) in [5, 5.41) is 0. The van der Waals surface area contributed by atoms with Crippen LogP contribution in [0.25, 0.3) is 95.8 Å². The molecule has 4 nitrogen and oxygen atoms in total. The summed E-state index contributed by atoms with van der Waals surface area (Å²) in [5.74, 6) is 2.46. The van der Waals surface area contributed by atoms with E-state index in [-0.39, 0.29) is 21.7 Å². The highest BCUT2D eigenvalue weighted by molar-refractivity contribution is 5.96. The molecule has 2 heterocycles. The average Bonchev–Trinajstić information content (AvgIpc) is 4.18. The monoisotopic (exact) mass is 942 g/mol. The van der Waals surface area contributed by atoms with Crippen LogP contribution in [0.15, 0.2) is 164 Å². The quantitative estimate of drug-likeness (QED) is 0.176. The van der Waals surface area contributed by atoms with Gasteiger partial charge in [-0.2, -0.15) is 0 Å². The molecule has 0 spiro atoms. The second kappa shape index (κ2) is 14.2. The van der Waals surface area contributed by atoms with Crippen molar-refractivity contribution >= 4 is 17.1 Å². The van der Waals surface area contributed by atoms with E-state index in [0.717, 1.165) is 57.3 Å². The lowest BCUT2D eigenvalue weighted by molar-refractivity contribution is 0.648. The smallest absolute Gasteiger partial charge is 0.145 e. The molecule has 15 rings (SSSR count). The first-order valence-corrected chi connectivity index (χ1v) is 26.4. The summed E-state index contributed by atoms with van der Waals surface area (Å²) in [4.78, 5) is 10.6. The Balaban J connectivity index is 0.812. The van der Waals surface area contributed by atoms with Crippen molar-refractivity contribution in [2.45, 2.75) is 90.4 Å². The van der Waals surface area contributed by atoms with Crippen molar-refractivity contribution in [2.24, 2.45) is 5.92 Å². The summed E-state index contributed by atoms with van der Waals surface area (Å²) in [7, 11) is 0. The average molecular weight is 943 g/mol. The molecule has 0 radical (unpaired) electrons. The number of rotatable bonds is 4. The minimum atomic E-state index is -0.207. The van der Waals surface area contributed by atoms with Gasteiger partial charge in [0.15, 0.2) is 0 Å². The van der Waals surface area contributed by atoms with Gasteiger partial charge in [-0.25, -0.2) is 9.97 Å². The maximum absolute atomic E-state index is 5.34. The van der Waals surface area contributed by atoms with Gasteiger partial charge in [0, 0.05) is 44.2 Å². The Kier molecular flexibility index (Phi) is 8.35. The summed E-state index contributed by atoms with van der Waals surface area (Å²) >= 11 is 0. The summed E-state index contributed by atoms with van der Waals surface area (Å²) in [6, 6.07) is 59.6. The molecule has 0 saturated heterocycles. The van der Waals surface area contributed by atoms with Crippen LogP contribution in [-0.4, -0.2) is 19.1 Å². The molecule has 4 heteroatoms. The molecule has 1 atom stereocenters. The van der Waals surface area contributed by atoms with E-state index in [2.05, 4.69) is 241 Å². The van der Waals surface area contributed by atoms with Gasteiger partial charge in [-0.1, -0.05) is 141 Å². The topological polar surface area (TPSA) is 35.6 Å². The van der Waals surface area contributed by atoms with Gasteiger partial charge in [-0.3, -0.25) is 9.13 Å². The number of hydrogen-bond donors (Lipinski definition) is 0. The molecule has 0 aliphatic heterocycles. The molecule has 0 fully saturated rings.